The maximum Gasteiger partial charge on any atom is 0.341 e. The number of amides is 1. The van der Waals surface area contributed by atoms with Crippen molar-refractivity contribution in [1.82, 2.24) is 4.90 Å². The molecule has 2 atom stereocenters. The number of hydrogen-bond donors (Lipinski definition) is 1. The van der Waals surface area contributed by atoms with Crippen molar-refractivity contribution in [1.29, 1.82) is 0 Å². The summed E-state index contributed by atoms with van der Waals surface area (Å²) in [5.74, 6) is -3.73. The first-order chi connectivity index (χ1) is 11.2. The van der Waals surface area contributed by atoms with Crippen molar-refractivity contribution in [3.05, 3.63) is 24.3 Å². The van der Waals surface area contributed by atoms with Gasteiger partial charge in [-0.25, -0.2) is 8.42 Å². The van der Waals surface area contributed by atoms with Crippen LogP contribution in [0.4, 0.5) is 14.5 Å². The average molecular weight is 362 g/mol. The van der Waals surface area contributed by atoms with Crippen molar-refractivity contribution in [2.45, 2.75) is 36.7 Å². The fraction of sp³-hybridized carbons (Fsp3) is 0.533. The molecule has 1 N–H and O–H groups in total. The number of sulfone groups is 1. The summed E-state index contributed by atoms with van der Waals surface area (Å²) in [6, 6.07) is 4.68. The zero-order valence-electron chi connectivity index (χ0n) is 13.4. The highest BCUT2D eigenvalue weighted by atomic mass is 32.2. The van der Waals surface area contributed by atoms with E-state index in [0.29, 0.717) is 18.8 Å². The Balaban J connectivity index is 1.95. The number of carbonyl (C=O) groups excluding carboxylic acids is 1. The molecule has 0 radical (unpaired) electrons. The summed E-state index contributed by atoms with van der Waals surface area (Å²) in [5.41, 5.74) is 0.350. The van der Waals surface area contributed by atoms with E-state index in [1.54, 1.807) is 0 Å². The molecule has 24 heavy (non-hydrogen) atoms. The molecule has 1 amide bonds. The minimum Gasteiger partial charge on any atom is -0.373 e. The third-order valence-electron chi connectivity index (χ3n) is 3.56. The van der Waals surface area contributed by atoms with Gasteiger partial charge in [-0.3, -0.25) is 9.69 Å². The first-order valence-electron chi connectivity index (χ1n) is 7.48. The molecule has 0 aromatic heterocycles. The van der Waals surface area contributed by atoms with Crippen molar-refractivity contribution in [3.63, 3.8) is 0 Å². The highest BCUT2D eigenvalue weighted by Gasteiger charge is 2.26. The molecule has 134 valence electrons. The Morgan fingerprint density at radius 1 is 1.25 bits per heavy atom. The Labute approximate surface area is 139 Å². The van der Waals surface area contributed by atoms with Crippen molar-refractivity contribution in [3.8, 4) is 0 Å². The maximum atomic E-state index is 12.5. The van der Waals surface area contributed by atoms with Crippen LogP contribution in [0.25, 0.3) is 0 Å². The van der Waals surface area contributed by atoms with E-state index in [1.165, 1.54) is 12.1 Å². The standard InChI is InChI=1S/C15H20F2N2O4S/c1-10-7-19(8-11(2)23-10)9-14(20)18-12-3-5-13(6-4-12)24(21,22)15(16)17/h3-6,10-11,15H,7-9H2,1-2H3,(H,18,20). The molecule has 0 saturated carbocycles. The summed E-state index contributed by atoms with van der Waals surface area (Å²) in [6.07, 6.45) is 0.0841. The fourth-order valence-electron chi connectivity index (χ4n) is 2.65. The number of morpholine rings is 1. The number of carbonyl (C=O) groups is 1. The monoisotopic (exact) mass is 362 g/mol. The quantitative estimate of drug-likeness (QED) is 0.863. The lowest BCUT2D eigenvalue weighted by Crippen LogP contribution is -2.48. The van der Waals surface area contributed by atoms with E-state index in [-0.39, 0.29) is 24.7 Å². The van der Waals surface area contributed by atoms with E-state index in [1.807, 2.05) is 18.7 Å². The Morgan fingerprint density at radius 2 is 1.79 bits per heavy atom. The van der Waals surface area contributed by atoms with Gasteiger partial charge in [0.15, 0.2) is 0 Å². The lowest BCUT2D eigenvalue weighted by atomic mass is 10.2. The van der Waals surface area contributed by atoms with E-state index < -0.39 is 20.5 Å². The van der Waals surface area contributed by atoms with Crippen LogP contribution in [0.5, 0.6) is 0 Å². The molecular weight excluding hydrogens is 342 g/mol. The topological polar surface area (TPSA) is 75.7 Å². The number of alkyl halides is 2. The van der Waals surface area contributed by atoms with Gasteiger partial charge in [0.25, 0.3) is 0 Å². The zero-order valence-corrected chi connectivity index (χ0v) is 14.2. The van der Waals surface area contributed by atoms with E-state index >= 15 is 0 Å². The van der Waals surface area contributed by atoms with Gasteiger partial charge in [-0.05, 0) is 38.1 Å². The van der Waals surface area contributed by atoms with Crippen LogP contribution >= 0.6 is 0 Å². The predicted molar refractivity (Wildman–Crippen MR) is 84.7 cm³/mol. The minimum atomic E-state index is -4.63. The van der Waals surface area contributed by atoms with Crippen molar-refractivity contribution < 1.29 is 26.7 Å². The van der Waals surface area contributed by atoms with Gasteiger partial charge in [-0.2, -0.15) is 8.78 Å². The second kappa shape index (κ2) is 7.54. The zero-order chi connectivity index (χ0) is 17.9. The first-order valence-corrected chi connectivity index (χ1v) is 9.03. The summed E-state index contributed by atoms with van der Waals surface area (Å²) in [6.45, 7) is 5.33. The number of anilines is 1. The largest absolute Gasteiger partial charge is 0.373 e. The number of hydrogen-bond acceptors (Lipinski definition) is 5. The summed E-state index contributed by atoms with van der Waals surface area (Å²) >= 11 is 0. The predicted octanol–water partition coefficient (Wildman–Crippen LogP) is 1.73. The molecule has 9 heteroatoms. The molecular formula is C15H20F2N2O4S. The molecule has 1 aliphatic rings. The Bertz CT molecular complexity index is 669. The fourth-order valence-corrected chi connectivity index (χ4v) is 3.37. The smallest absolute Gasteiger partial charge is 0.341 e. The normalized spacial score (nSPS) is 22.5. The molecule has 1 aromatic carbocycles. The summed E-state index contributed by atoms with van der Waals surface area (Å²) in [7, 11) is -4.63. The van der Waals surface area contributed by atoms with Crippen LogP contribution in [0.3, 0.4) is 0 Å². The van der Waals surface area contributed by atoms with Crippen molar-refractivity contribution in [2.24, 2.45) is 0 Å². The summed E-state index contributed by atoms with van der Waals surface area (Å²) < 4.78 is 53.2. The number of halogens is 2. The third-order valence-corrected chi connectivity index (χ3v) is 4.96. The Hall–Kier alpha value is -1.58. The number of nitrogens with zero attached hydrogens (tertiary/aromatic N) is 1. The van der Waals surface area contributed by atoms with Crippen LogP contribution < -0.4 is 5.32 Å². The minimum absolute atomic E-state index is 0.0420. The van der Waals surface area contributed by atoms with Gasteiger partial charge in [0.05, 0.1) is 23.6 Å². The Kier molecular flexibility index (Phi) is 5.89. The van der Waals surface area contributed by atoms with Crippen LogP contribution in [-0.4, -0.2) is 56.8 Å². The van der Waals surface area contributed by atoms with Gasteiger partial charge in [0.1, 0.15) is 0 Å². The van der Waals surface area contributed by atoms with Crippen LogP contribution in [0.15, 0.2) is 29.2 Å². The number of rotatable bonds is 5. The molecule has 2 unspecified atom stereocenters. The molecule has 1 saturated heterocycles. The molecule has 0 aliphatic carbocycles. The SMILES string of the molecule is CC1CN(CC(=O)Nc2ccc(S(=O)(=O)C(F)F)cc2)CC(C)O1. The van der Waals surface area contributed by atoms with Gasteiger partial charge < -0.3 is 10.1 Å². The van der Waals surface area contributed by atoms with Gasteiger partial charge in [-0.15, -0.1) is 0 Å². The summed E-state index contributed by atoms with van der Waals surface area (Å²) in [5, 5.41) is 2.62. The average Bonchev–Trinajstić information content (AvgIpc) is 2.46. The molecule has 1 fully saturated rings. The van der Waals surface area contributed by atoms with Crippen LogP contribution in [0.1, 0.15) is 13.8 Å². The van der Waals surface area contributed by atoms with Crippen LogP contribution in [0.2, 0.25) is 0 Å². The van der Waals surface area contributed by atoms with Gasteiger partial charge in [0, 0.05) is 18.8 Å². The van der Waals surface area contributed by atoms with Crippen molar-refractivity contribution >= 4 is 21.4 Å². The van der Waals surface area contributed by atoms with E-state index in [2.05, 4.69) is 5.32 Å². The number of nitrogens with one attached hydrogen (secondary N) is 1. The summed E-state index contributed by atoms with van der Waals surface area (Å²) in [4.78, 5) is 13.5. The molecule has 6 nitrogen and oxygen atoms in total. The second-order valence-corrected chi connectivity index (χ2v) is 7.75. The van der Waals surface area contributed by atoms with Crippen LogP contribution in [-0.2, 0) is 19.4 Å². The Morgan fingerprint density at radius 3 is 2.29 bits per heavy atom. The second-order valence-electron chi connectivity index (χ2n) is 5.83. The number of ether oxygens (including phenoxy) is 1. The van der Waals surface area contributed by atoms with Crippen LogP contribution in [0, 0.1) is 0 Å². The van der Waals surface area contributed by atoms with E-state index in [9.17, 15) is 22.0 Å². The highest BCUT2D eigenvalue weighted by Crippen LogP contribution is 2.20. The lowest BCUT2D eigenvalue weighted by molar-refractivity contribution is -0.121. The molecule has 2 rings (SSSR count). The van der Waals surface area contributed by atoms with Gasteiger partial charge in [-0.1, -0.05) is 0 Å². The highest BCUT2D eigenvalue weighted by molar-refractivity contribution is 7.91. The molecule has 1 aliphatic heterocycles. The number of benzene rings is 1. The molecule has 0 bridgehead atoms. The lowest BCUT2D eigenvalue weighted by Gasteiger charge is -2.34. The van der Waals surface area contributed by atoms with E-state index in [4.69, 9.17) is 4.74 Å². The van der Waals surface area contributed by atoms with Gasteiger partial charge >= 0.3 is 5.76 Å². The molecule has 0 spiro atoms. The van der Waals surface area contributed by atoms with Crippen molar-refractivity contribution in [2.75, 3.05) is 25.0 Å². The first kappa shape index (κ1) is 18.8. The molecule has 1 heterocycles. The third kappa shape index (κ3) is 4.71. The maximum absolute atomic E-state index is 12.5. The van der Waals surface area contributed by atoms with E-state index in [0.717, 1.165) is 12.1 Å². The molecule has 1 aromatic rings. The van der Waals surface area contributed by atoms with Gasteiger partial charge in [0.2, 0.25) is 15.7 Å².